The van der Waals surface area contributed by atoms with E-state index in [1.807, 2.05) is 0 Å². The first-order valence-corrected chi connectivity index (χ1v) is 3.76. The van der Waals surface area contributed by atoms with Crippen LogP contribution in [0, 0.1) is 0 Å². The molecule has 1 aliphatic heterocycles. The van der Waals surface area contributed by atoms with Gasteiger partial charge >= 0.3 is 0 Å². The van der Waals surface area contributed by atoms with Gasteiger partial charge in [0.05, 0.1) is 6.10 Å². The number of hydrogen-bond donors (Lipinski definition) is 1. The maximum atomic E-state index is 5.44. The van der Waals surface area contributed by atoms with Crippen LogP contribution in [0.5, 0.6) is 0 Å². The van der Waals surface area contributed by atoms with Crippen LogP contribution in [0.1, 0.15) is 19.8 Å². The van der Waals surface area contributed by atoms with E-state index in [4.69, 9.17) is 4.74 Å². The lowest BCUT2D eigenvalue weighted by molar-refractivity contribution is -0.00000627. The average molecular weight is 165 g/mol. The molecule has 62 valence electrons. The number of halogens is 1. The second-order valence-electron chi connectivity index (χ2n) is 2.40. The molecule has 0 aromatic rings. The number of nitrogens with one attached hydrogen (secondary N) is 1. The molecule has 0 aromatic heterocycles. The summed E-state index contributed by atoms with van der Waals surface area (Å²) in [5.74, 6) is 0. The minimum absolute atomic E-state index is 0. The summed E-state index contributed by atoms with van der Waals surface area (Å²) in [7, 11) is 0. The van der Waals surface area contributed by atoms with Gasteiger partial charge in [0.2, 0.25) is 0 Å². The molecule has 0 saturated carbocycles. The summed E-state index contributed by atoms with van der Waals surface area (Å²) < 4.78 is 5.44. The van der Waals surface area contributed by atoms with E-state index < -0.39 is 0 Å². The molecule has 1 N–H and O–H groups in total. The Kier molecular flexibility index (Phi) is 6.08. The number of ether oxygens (including phenoxy) is 1. The van der Waals surface area contributed by atoms with Gasteiger partial charge in [0.15, 0.2) is 0 Å². The number of piperidine rings is 1. The van der Waals surface area contributed by atoms with Crippen LogP contribution < -0.4 is 17.7 Å². The Bertz CT molecular complexity index is 71.3. The van der Waals surface area contributed by atoms with E-state index in [9.17, 15) is 0 Å². The van der Waals surface area contributed by atoms with Gasteiger partial charge < -0.3 is 22.5 Å². The van der Waals surface area contributed by atoms with Crippen molar-refractivity contribution in [1.82, 2.24) is 5.32 Å². The fraction of sp³-hybridized carbons (Fsp3) is 1.00. The summed E-state index contributed by atoms with van der Waals surface area (Å²) in [6.45, 7) is 5.18. The van der Waals surface area contributed by atoms with Gasteiger partial charge in [-0.05, 0) is 32.9 Å². The highest BCUT2D eigenvalue weighted by molar-refractivity contribution is 4.67. The third-order valence-corrected chi connectivity index (χ3v) is 1.69. The van der Waals surface area contributed by atoms with Gasteiger partial charge in [-0.25, -0.2) is 0 Å². The molecule has 0 unspecified atom stereocenters. The van der Waals surface area contributed by atoms with Crippen molar-refractivity contribution in [2.75, 3.05) is 19.7 Å². The highest BCUT2D eigenvalue weighted by Gasteiger charge is 2.11. The SMILES string of the molecule is CCOC1CCNCC1.[Cl-]. The summed E-state index contributed by atoms with van der Waals surface area (Å²) in [6.07, 6.45) is 2.91. The Morgan fingerprint density at radius 1 is 1.40 bits per heavy atom. The van der Waals surface area contributed by atoms with E-state index in [0.29, 0.717) is 6.10 Å². The number of rotatable bonds is 2. The van der Waals surface area contributed by atoms with Crippen LogP contribution in [0.25, 0.3) is 0 Å². The fourth-order valence-electron chi connectivity index (χ4n) is 1.20. The Morgan fingerprint density at radius 2 is 2.00 bits per heavy atom. The molecule has 1 aliphatic rings. The minimum atomic E-state index is 0. The van der Waals surface area contributed by atoms with Gasteiger partial charge in [0.1, 0.15) is 0 Å². The zero-order valence-electron chi connectivity index (χ0n) is 6.40. The molecular formula is C7H15ClNO-. The van der Waals surface area contributed by atoms with Gasteiger partial charge in [0.25, 0.3) is 0 Å². The molecule has 10 heavy (non-hydrogen) atoms. The van der Waals surface area contributed by atoms with Crippen molar-refractivity contribution < 1.29 is 17.1 Å². The third kappa shape index (κ3) is 3.40. The van der Waals surface area contributed by atoms with E-state index >= 15 is 0 Å². The van der Waals surface area contributed by atoms with Crippen LogP contribution >= 0.6 is 0 Å². The predicted octanol–water partition coefficient (Wildman–Crippen LogP) is -2.22. The molecular weight excluding hydrogens is 150 g/mol. The maximum Gasteiger partial charge on any atom is 0.0599 e. The summed E-state index contributed by atoms with van der Waals surface area (Å²) in [6, 6.07) is 0. The first-order chi connectivity index (χ1) is 4.43. The molecule has 1 saturated heterocycles. The van der Waals surface area contributed by atoms with Crippen LogP contribution in [0.3, 0.4) is 0 Å². The normalized spacial score (nSPS) is 20.1. The highest BCUT2D eigenvalue weighted by atomic mass is 35.5. The van der Waals surface area contributed by atoms with Gasteiger partial charge in [-0.1, -0.05) is 0 Å². The second-order valence-corrected chi connectivity index (χ2v) is 2.40. The molecule has 0 bridgehead atoms. The zero-order valence-corrected chi connectivity index (χ0v) is 7.16. The summed E-state index contributed by atoms with van der Waals surface area (Å²) >= 11 is 0. The predicted molar refractivity (Wildman–Crippen MR) is 37.5 cm³/mol. The quantitative estimate of drug-likeness (QED) is 0.500. The molecule has 0 aliphatic carbocycles. The van der Waals surface area contributed by atoms with Gasteiger partial charge in [0, 0.05) is 6.61 Å². The topological polar surface area (TPSA) is 21.3 Å². The average Bonchev–Trinajstić information content (AvgIpc) is 1.91. The highest BCUT2D eigenvalue weighted by Crippen LogP contribution is 2.05. The molecule has 0 atom stereocenters. The first kappa shape index (κ1) is 10.2. The number of hydrogen-bond acceptors (Lipinski definition) is 2. The lowest BCUT2D eigenvalue weighted by atomic mass is 10.1. The molecule has 0 radical (unpaired) electrons. The Balaban J connectivity index is 0.000000810. The first-order valence-electron chi connectivity index (χ1n) is 3.76. The third-order valence-electron chi connectivity index (χ3n) is 1.69. The Morgan fingerprint density at radius 3 is 2.50 bits per heavy atom. The van der Waals surface area contributed by atoms with Crippen molar-refractivity contribution in [3.8, 4) is 0 Å². The molecule has 1 heterocycles. The fourth-order valence-corrected chi connectivity index (χ4v) is 1.20. The molecule has 1 rings (SSSR count). The Hall–Kier alpha value is 0.210. The van der Waals surface area contributed by atoms with Crippen molar-refractivity contribution in [3.05, 3.63) is 0 Å². The molecule has 0 amide bonds. The van der Waals surface area contributed by atoms with Crippen molar-refractivity contribution in [1.29, 1.82) is 0 Å². The smallest absolute Gasteiger partial charge is 0.0599 e. The van der Waals surface area contributed by atoms with Crippen molar-refractivity contribution in [2.45, 2.75) is 25.9 Å². The summed E-state index contributed by atoms with van der Waals surface area (Å²) in [5, 5.41) is 3.29. The zero-order chi connectivity index (χ0) is 6.53. The van der Waals surface area contributed by atoms with E-state index in [0.717, 1.165) is 19.7 Å². The van der Waals surface area contributed by atoms with Crippen molar-refractivity contribution >= 4 is 0 Å². The van der Waals surface area contributed by atoms with Crippen LogP contribution in [-0.2, 0) is 4.74 Å². The summed E-state index contributed by atoms with van der Waals surface area (Å²) in [4.78, 5) is 0. The van der Waals surface area contributed by atoms with Crippen LogP contribution in [0.4, 0.5) is 0 Å². The standard InChI is InChI=1S/C7H15NO.ClH/c1-2-9-7-3-5-8-6-4-7;/h7-8H,2-6H2,1H3;1H/p-1. The second kappa shape index (κ2) is 5.96. The van der Waals surface area contributed by atoms with Crippen LogP contribution in [0.15, 0.2) is 0 Å². The summed E-state index contributed by atoms with van der Waals surface area (Å²) in [5.41, 5.74) is 0. The maximum absolute atomic E-state index is 5.44. The van der Waals surface area contributed by atoms with Crippen molar-refractivity contribution in [2.24, 2.45) is 0 Å². The Labute approximate surface area is 68.7 Å². The van der Waals surface area contributed by atoms with Gasteiger partial charge in [-0.2, -0.15) is 0 Å². The molecule has 3 heteroatoms. The van der Waals surface area contributed by atoms with E-state index in [-0.39, 0.29) is 12.4 Å². The lowest BCUT2D eigenvalue weighted by Crippen LogP contribution is -3.00. The van der Waals surface area contributed by atoms with Crippen LogP contribution in [-0.4, -0.2) is 25.8 Å². The minimum Gasteiger partial charge on any atom is -1.00 e. The molecule has 0 spiro atoms. The van der Waals surface area contributed by atoms with E-state index in [2.05, 4.69) is 12.2 Å². The molecule has 0 aromatic carbocycles. The monoisotopic (exact) mass is 164 g/mol. The molecule has 2 nitrogen and oxygen atoms in total. The van der Waals surface area contributed by atoms with E-state index in [1.54, 1.807) is 0 Å². The largest absolute Gasteiger partial charge is 1.00 e. The van der Waals surface area contributed by atoms with Crippen molar-refractivity contribution in [3.63, 3.8) is 0 Å². The van der Waals surface area contributed by atoms with Gasteiger partial charge in [-0.15, -0.1) is 0 Å². The lowest BCUT2D eigenvalue weighted by Gasteiger charge is -2.21. The van der Waals surface area contributed by atoms with E-state index in [1.165, 1.54) is 12.8 Å². The van der Waals surface area contributed by atoms with Crippen LogP contribution in [0.2, 0.25) is 0 Å². The van der Waals surface area contributed by atoms with Gasteiger partial charge in [-0.3, -0.25) is 0 Å². The molecule has 1 fully saturated rings.